The van der Waals surface area contributed by atoms with E-state index in [0.717, 1.165) is 22.0 Å². The van der Waals surface area contributed by atoms with E-state index in [0.29, 0.717) is 12.3 Å². The molecule has 1 unspecified atom stereocenters. The molecule has 0 saturated carbocycles. The predicted octanol–water partition coefficient (Wildman–Crippen LogP) is 4.50. The number of aromatic nitrogens is 1. The minimum Gasteiger partial charge on any atom is -0.361 e. The molecule has 5 heteroatoms. The summed E-state index contributed by atoms with van der Waals surface area (Å²) in [4.78, 5) is 3.21. The van der Waals surface area contributed by atoms with E-state index in [4.69, 9.17) is 0 Å². The second-order valence-corrected chi connectivity index (χ2v) is 5.40. The van der Waals surface area contributed by atoms with Crippen LogP contribution in [-0.2, 0) is 0 Å². The zero-order chi connectivity index (χ0) is 15.5. The number of nitrogens with one attached hydrogen (secondary N) is 1. The lowest BCUT2D eigenvalue weighted by molar-refractivity contribution is 0.773. The van der Waals surface area contributed by atoms with Crippen LogP contribution in [0, 0.1) is 0 Å². The van der Waals surface area contributed by atoms with Crippen molar-refractivity contribution in [1.82, 2.24) is 4.98 Å². The van der Waals surface area contributed by atoms with Crippen molar-refractivity contribution in [3.63, 3.8) is 0 Å². The Kier molecular flexibility index (Phi) is 3.52. The summed E-state index contributed by atoms with van der Waals surface area (Å²) in [6.45, 7) is 0. The Hall–Kier alpha value is -3.08. The van der Waals surface area contributed by atoms with E-state index in [2.05, 4.69) is 43.6 Å². The maximum atomic E-state index is 4.27. The van der Waals surface area contributed by atoms with Crippen LogP contribution < -0.4 is 0 Å². The quantitative estimate of drug-likeness (QED) is 0.547. The average Bonchev–Trinajstić information content (AvgIpc) is 3.23. The number of benzene rings is 2. The molecule has 2 aromatic carbocycles. The van der Waals surface area contributed by atoms with Crippen LogP contribution in [0.1, 0.15) is 23.6 Å². The van der Waals surface area contributed by atoms with Gasteiger partial charge in [-0.3, -0.25) is 0 Å². The molecule has 1 aliphatic rings. The highest BCUT2D eigenvalue weighted by Gasteiger charge is 2.19. The summed E-state index contributed by atoms with van der Waals surface area (Å²) in [5.41, 5.74) is 3.26. The van der Waals surface area contributed by atoms with E-state index >= 15 is 0 Å². The topological polar surface area (TPSA) is 65.2 Å². The molecular formula is C18H15N5. The molecular weight excluding hydrogens is 286 g/mol. The molecule has 0 amide bonds. The van der Waals surface area contributed by atoms with E-state index in [9.17, 15) is 0 Å². The molecule has 3 aromatic rings. The molecule has 5 nitrogen and oxygen atoms in total. The Labute approximate surface area is 133 Å². The monoisotopic (exact) mass is 301 g/mol. The van der Waals surface area contributed by atoms with Gasteiger partial charge in [0.1, 0.15) is 6.04 Å². The highest BCUT2D eigenvalue weighted by Crippen LogP contribution is 2.27. The Balaban J connectivity index is 1.49. The van der Waals surface area contributed by atoms with Crippen molar-refractivity contribution in [3.05, 3.63) is 71.9 Å². The van der Waals surface area contributed by atoms with Crippen molar-refractivity contribution >= 4 is 23.0 Å². The minimum atomic E-state index is 0.0539. The highest BCUT2D eigenvalue weighted by molar-refractivity contribution is 5.99. The highest BCUT2D eigenvalue weighted by atomic mass is 15.3. The van der Waals surface area contributed by atoms with Gasteiger partial charge in [0, 0.05) is 29.1 Å². The molecule has 0 radical (unpaired) electrons. The minimum absolute atomic E-state index is 0.0539. The normalized spacial score (nSPS) is 19.3. The lowest BCUT2D eigenvalue weighted by Gasteiger charge is -2.02. The maximum Gasteiger partial charge on any atom is 0.175 e. The first kappa shape index (κ1) is 13.6. The molecule has 0 saturated heterocycles. The second kappa shape index (κ2) is 5.96. The second-order valence-electron chi connectivity index (χ2n) is 5.40. The van der Waals surface area contributed by atoms with Crippen LogP contribution in [0.15, 0.2) is 81.2 Å². The van der Waals surface area contributed by atoms with Crippen molar-refractivity contribution < 1.29 is 0 Å². The van der Waals surface area contributed by atoms with Gasteiger partial charge in [-0.05, 0) is 11.6 Å². The number of para-hydroxylation sites is 1. The van der Waals surface area contributed by atoms with Crippen molar-refractivity contribution in [1.29, 1.82) is 0 Å². The zero-order valence-electron chi connectivity index (χ0n) is 12.4. The van der Waals surface area contributed by atoms with Gasteiger partial charge in [-0.25, -0.2) is 0 Å². The summed E-state index contributed by atoms with van der Waals surface area (Å²) in [6.07, 6.45) is 4.36. The molecule has 1 aromatic heterocycles. The van der Waals surface area contributed by atoms with Crippen LogP contribution in [0.3, 0.4) is 0 Å². The standard InChI is InChI=1S/C18H15N5/c1-2-6-13(7-3-1)17-10-18(23-21-17)22-20-12-14-11-19-16-9-5-4-8-15(14)16/h1-9,11-12,17,19H,10H2/b20-12+,22-18?. The SMILES string of the molecule is C(=N\N=C1CC(c2ccccc2)N=N1)/c1c[nH]c2ccccc12. The molecule has 0 bridgehead atoms. The van der Waals surface area contributed by atoms with Crippen molar-refractivity contribution in [2.75, 3.05) is 0 Å². The lowest BCUT2D eigenvalue weighted by Crippen LogP contribution is -1.95. The number of hydrogen-bond acceptors (Lipinski definition) is 3. The largest absolute Gasteiger partial charge is 0.361 e. The lowest BCUT2D eigenvalue weighted by atomic mass is 10.1. The summed E-state index contributed by atoms with van der Waals surface area (Å²) >= 11 is 0. The number of amidine groups is 1. The van der Waals surface area contributed by atoms with Gasteiger partial charge < -0.3 is 4.98 Å². The fourth-order valence-corrected chi connectivity index (χ4v) is 2.67. The molecule has 0 aliphatic carbocycles. The molecule has 1 N–H and O–H groups in total. The number of fused-ring (bicyclic) bond motifs is 1. The van der Waals surface area contributed by atoms with E-state index < -0.39 is 0 Å². The molecule has 23 heavy (non-hydrogen) atoms. The third-order valence-corrected chi connectivity index (χ3v) is 3.86. The Morgan fingerprint density at radius 2 is 1.87 bits per heavy atom. The van der Waals surface area contributed by atoms with Gasteiger partial charge in [0.2, 0.25) is 0 Å². The Bertz CT molecular complexity index is 905. The van der Waals surface area contributed by atoms with Gasteiger partial charge >= 0.3 is 0 Å². The molecule has 0 fully saturated rings. The molecule has 1 aliphatic heterocycles. The fourth-order valence-electron chi connectivity index (χ4n) is 2.67. The summed E-state index contributed by atoms with van der Waals surface area (Å²) < 4.78 is 0. The third-order valence-electron chi connectivity index (χ3n) is 3.86. The van der Waals surface area contributed by atoms with Crippen molar-refractivity contribution in [2.24, 2.45) is 20.4 Å². The van der Waals surface area contributed by atoms with Gasteiger partial charge in [0.15, 0.2) is 5.84 Å². The van der Waals surface area contributed by atoms with Crippen molar-refractivity contribution in [3.8, 4) is 0 Å². The fraction of sp³-hybridized carbons (Fsp3) is 0.111. The summed E-state index contributed by atoms with van der Waals surface area (Å²) in [7, 11) is 0. The van der Waals surface area contributed by atoms with E-state index in [1.807, 2.05) is 42.6 Å². The first-order valence-electron chi connectivity index (χ1n) is 7.52. The molecule has 4 rings (SSSR count). The summed E-state index contributed by atoms with van der Waals surface area (Å²) in [6, 6.07) is 18.3. The van der Waals surface area contributed by atoms with Gasteiger partial charge in [0.05, 0.1) is 6.21 Å². The molecule has 112 valence electrons. The smallest absolute Gasteiger partial charge is 0.175 e. The molecule has 0 spiro atoms. The van der Waals surface area contributed by atoms with Gasteiger partial charge in [0.25, 0.3) is 0 Å². The number of hydrogen-bond donors (Lipinski definition) is 1. The maximum absolute atomic E-state index is 4.27. The van der Waals surface area contributed by atoms with Crippen LogP contribution in [0.5, 0.6) is 0 Å². The molecule has 2 heterocycles. The first-order valence-corrected chi connectivity index (χ1v) is 7.52. The van der Waals surface area contributed by atoms with Crippen LogP contribution in [-0.4, -0.2) is 17.0 Å². The van der Waals surface area contributed by atoms with Crippen LogP contribution >= 0.6 is 0 Å². The predicted molar refractivity (Wildman–Crippen MR) is 92.0 cm³/mol. The van der Waals surface area contributed by atoms with Gasteiger partial charge in [-0.2, -0.15) is 10.2 Å². The number of aromatic amines is 1. The Morgan fingerprint density at radius 3 is 2.78 bits per heavy atom. The summed E-state index contributed by atoms with van der Waals surface area (Å²) in [5, 5.41) is 17.9. The summed E-state index contributed by atoms with van der Waals surface area (Å²) in [5.74, 6) is 0.662. The van der Waals surface area contributed by atoms with E-state index in [1.54, 1.807) is 6.21 Å². The van der Waals surface area contributed by atoms with Crippen LogP contribution in [0.25, 0.3) is 10.9 Å². The number of H-pyrrole nitrogens is 1. The van der Waals surface area contributed by atoms with Crippen molar-refractivity contribution in [2.45, 2.75) is 12.5 Å². The van der Waals surface area contributed by atoms with E-state index in [-0.39, 0.29) is 6.04 Å². The number of rotatable bonds is 3. The third kappa shape index (κ3) is 2.81. The average molecular weight is 301 g/mol. The van der Waals surface area contributed by atoms with Gasteiger partial charge in [-0.1, -0.05) is 48.5 Å². The zero-order valence-corrected chi connectivity index (χ0v) is 12.4. The van der Waals surface area contributed by atoms with Gasteiger partial charge in [-0.15, -0.1) is 10.2 Å². The number of azo groups is 1. The number of nitrogens with zero attached hydrogens (tertiary/aromatic N) is 4. The van der Waals surface area contributed by atoms with Crippen LogP contribution in [0.4, 0.5) is 0 Å². The Morgan fingerprint density at radius 1 is 1.04 bits per heavy atom. The van der Waals surface area contributed by atoms with Crippen LogP contribution in [0.2, 0.25) is 0 Å². The molecule has 1 atom stereocenters. The van der Waals surface area contributed by atoms with E-state index in [1.165, 1.54) is 0 Å². The first-order chi connectivity index (χ1) is 11.4.